The summed E-state index contributed by atoms with van der Waals surface area (Å²) in [4.78, 5) is 12.9. The van der Waals surface area contributed by atoms with Gasteiger partial charge in [-0.05, 0) is 30.2 Å². The Kier molecular flexibility index (Phi) is 4.63. The van der Waals surface area contributed by atoms with E-state index in [0.717, 1.165) is 16.0 Å². The summed E-state index contributed by atoms with van der Waals surface area (Å²) in [6.45, 7) is 1.99. The highest BCUT2D eigenvalue weighted by Crippen LogP contribution is 2.12. The fourth-order valence-electron chi connectivity index (χ4n) is 1.92. The molecule has 2 rings (SSSR count). The predicted molar refractivity (Wildman–Crippen MR) is 80.4 cm³/mol. The molecule has 0 aliphatic carbocycles. The van der Waals surface area contributed by atoms with Crippen LogP contribution in [-0.4, -0.2) is 5.91 Å². The Bertz CT molecular complexity index is 536. The van der Waals surface area contributed by atoms with E-state index < -0.39 is 0 Å². The summed E-state index contributed by atoms with van der Waals surface area (Å²) in [7, 11) is 0. The number of nitrogens with one attached hydrogen (secondary N) is 1. The van der Waals surface area contributed by atoms with Gasteiger partial charge in [0.15, 0.2) is 0 Å². The summed E-state index contributed by atoms with van der Waals surface area (Å²) < 4.78 is 0. The van der Waals surface area contributed by atoms with Gasteiger partial charge >= 0.3 is 0 Å². The molecule has 0 aliphatic heterocycles. The first-order valence-electron chi connectivity index (χ1n) is 6.27. The van der Waals surface area contributed by atoms with E-state index in [-0.39, 0.29) is 11.9 Å². The zero-order chi connectivity index (χ0) is 13.7. The number of thiol groups is 1. The summed E-state index contributed by atoms with van der Waals surface area (Å²) in [5, 5.41) is 3.00. The van der Waals surface area contributed by atoms with Gasteiger partial charge in [-0.3, -0.25) is 4.79 Å². The van der Waals surface area contributed by atoms with Gasteiger partial charge < -0.3 is 5.32 Å². The topological polar surface area (TPSA) is 29.1 Å². The lowest BCUT2D eigenvalue weighted by Crippen LogP contribution is -2.28. The van der Waals surface area contributed by atoms with Gasteiger partial charge in [0.2, 0.25) is 5.91 Å². The molecule has 0 aliphatic rings. The van der Waals surface area contributed by atoms with E-state index in [0.29, 0.717) is 6.42 Å². The van der Waals surface area contributed by atoms with Crippen LogP contribution in [0.25, 0.3) is 0 Å². The highest BCUT2D eigenvalue weighted by molar-refractivity contribution is 7.80. The van der Waals surface area contributed by atoms with Crippen molar-refractivity contribution in [1.29, 1.82) is 0 Å². The second-order valence-corrected chi connectivity index (χ2v) is 5.06. The van der Waals surface area contributed by atoms with Crippen molar-refractivity contribution in [3.8, 4) is 0 Å². The van der Waals surface area contributed by atoms with Crippen LogP contribution < -0.4 is 5.32 Å². The number of rotatable bonds is 4. The molecule has 98 valence electrons. The van der Waals surface area contributed by atoms with Crippen LogP contribution in [0.4, 0.5) is 0 Å². The molecule has 2 aromatic carbocycles. The number of benzene rings is 2. The van der Waals surface area contributed by atoms with Crippen molar-refractivity contribution in [2.75, 3.05) is 0 Å². The van der Waals surface area contributed by atoms with Gasteiger partial charge in [0.05, 0.1) is 12.5 Å². The lowest BCUT2D eigenvalue weighted by molar-refractivity contribution is -0.121. The van der Waals surface area contributed by atoms with Crippen LogP contribution >= 0.6 is 12.6 Å². The minimum absolute atomic E-state index is 0.0258. The van der Waals surface area contributed by atoms with Crippen molar-refractivity contribution in [3.63, 3.8) is 0 Å². The molecule has 1 unspecified atom stereocenters. The normalized spacial score (nSPS) is 11.9. The van der Waals surface area contributed by atoms with Crippen molar-refractivity contribution in [3.05, 3.63) is 65.7 Å². The number of amides is 1. The SMILES string of the molecule is CC(NC(=O)Cc1ccc(S)cc1)c1ccccc1. The Morgan fingerprint density at radius 3 is 2.37 bits per heavy atom. The molecule has 2 aromatic rings. The van der Waals surface area contributed by atoms with E-state index in [9.17, 15) is 4.79 Å². The highest BCUT2D eigenvalue weighted by atomic mass is 32.1. The van der Waals surface area contributed by atoms with Crippen LogP contribution in [0.2, 0.25) is 0 Å². The van der Waals surface area contributed by atoms with Crippen LogP contribution in [0.1, 0.15) is 24.1 Å². The molecule has 0 saturated carbocycles. The fraction of sp³-hybridized carbons (Fsp3) is 0.188. The summed E-state index contributed by atoms with van der Waals surface area (Å²) in [6.07, 6.45) is 0.394. The van der Waals surface area contributed by atoms with E-state index in [1.165, 1.54) is 0 Å². The largest absolute Gasteiger partial charge is 0.349 e. The fourth-order valence-corrected chi connectivity index (χ4v) is 2.07. The zero-order valence-corrected chi connectivity index (χ0v) is 11.7. The minimum atomic E-state index is 0.0258. The van der Waals surface area contributed by atoms with Gasteiger partial charge in [-0.1, -0.05) is 42.5 Å². The molecule has 0 aromatic heterocycles. The standard InChI is InChI=1S/C16H17NOS/c1-12(14-5-3-2-4-6-14)17-16(18)11-13-7-9-15(19)10-8-13/h2-10,12,19H,11H2,1H3,(H,17,18). The summed E-state index contributed by atoms with van der Waals surface area (Å²) in [5.41, 5.74) is 2.11. The average Bonchev–Trinajstić information content (AvgIpc) is 2.42. The van der Waals surface area contributed by atoms with Gasteiger partial charge in [-0.2, -0.15) is 0 Å². The van der Waals surface area contributed by atoms with E-state index in [1.54, 1.807) is 0 Å². The number of carbonyl (C=O) groups excluding carboxylic acids is 1. The third kappa shape index (κ3) is 4.14. The number of carbonyl (C=O) groups is 1. The van der Waals surface area contributed by atoms with E-state index in [4.69, 9.17) is 0 Å². The first-order valence-corrected chi connectivity index (χ1v) is 6.72. The van der Waals surface area contributed by atoms with Crippen molar-refractivity contribution >= 4 is 18.5 Å². The minimum Gasteiger partial charge on any atom is -0.349 e. The smallest absolute Gasteiger partial charge is 0.224 e. The average molecular weight is 271 g/mol. The monoisotopic (exact) mass is 271 g/mol. The molecule has 0 fully saturated rings. The molecule has 0 bridgehead atoms. The Morgan fingerprint density at radius 1 is 1.11 bits per heavy atom. The molecule has 1 amide bonds. The van der Waals surface area contributed by atoms with Crippen molar-refractivity contribution in [2.45, 2.75) is 24.3 Å². The van der Waals surface area contributed by atoms with Crippen LogP contribution in [0, 0.1) is 0 Å². The summed E-state index contributed by atoms with van der Waals surface area (Å²) in [5.74, 6) is 0.0308. The van der Waals surface area contributed by atoms with Crippen LogP contribution in [0.5, 0.6) is 0 Å². The third-order valence-electron chi connectivity index (χ3n) is 2.98. The van der Waals surface area contributed by atoms with Crippen LogP contribution in [-0.2, 0) is 11.2 Å². The predicted octanol–water partition coefficient (Wildman–Crippen LogP) is 3.40. The second-order valence-electron chi connectivity index (χ2n) is 4.54. The molecule has 1 N–H and O–H groups in total. The Hall–Kier alpha value is -1.74. The summed E-state index contributed by atoms with van der Waals surface area (Å²) in [6, 6.07) is 17.6. The van der Waals surface area contributed by atoms with Gasteiger partial charge in [0, 0.05) is 4.90 Å². The third-order valence-corrected chi connectivity index (χ3v) is 3.28. The molecule has 1 atom stereocenters. The molecule has 0 heterocycles. The van der Waals surface area contributed by atoms with Gasteiger partial charge in [-0.15, -0.1) is 12.6 Å². The maximum atomic E-state index is 12.0. The molecule has 0 saturated heterocycles. The molecular formula is C16H17NOS. The maximum Gasteiger partial charge on any atom is 0.224 e. The Morgan fingerprint density at radius 2 is 1.74 bits per heavy atom. The first-order chi connectivity index (χ1) is 9.15. The van der Waals surface area contributed by atoms with Crippen LogP contribution in [0.15, 0.2) is 59.5 Å². The quantitative estimate of drug-likeness (QED) is 0.820. The molecule has 0 spiro atoms. The number of hydrogen-bond donors (Lipinski definition) is 2. The van der Waals surface area contributed by atoms with E-state index in [2.05, 4.69) is 17.9 Å². The molecule has 2 nitrogen and oxygen atoms in total. The van der Waals surface area contributed by atoms with E-state index >= 15 is 0 Å². The first kappa shape index (κ1) is 13.7. The lowest BCUT2D eigenvalue weighted by Gasteiger charge is -2.14. The molecule has 3 heteroatoms. The summed E-state index contributed by atoms with van der Waals surface area (Å²) >= 11 is 4.23. The molecular weight excluding hydrogens is 254 g/mol. The lowest BCUT2D eigenvalue weighted by atomic mass is 10.1. The van der Waals surface area contributed by atoms with Gasteiger partial charge in [-0.25, -0.2) is 0 Å². The highest BCUT2D eigenvalue weighted by Gasteiger charge is 2.09. The second kappa shape index (κ2) is 6.43. The van der Waals surface area contributed by atoms with Crippen LogP contribution in [0.3, 0.4) is 0 Å². The van der Waals surface area contributed by atoms with Gasteiger partial charge in [0.25, 0.3) is 0 Å². The molecule has 19 heavy (non-hydrogen) atoms. The molecule has 0 radical (unpaired) electrons. The maximum absolute atomic E-state index is 12.0. The van der Waals surface area contributed by atoms with Gasteiger partial charge in [0.1, 0.15) is 0 Å². The van der Waals surface area contributed by atoms with E-state index in [1.807, 2.05) is 61.5 Å². The Labute approximate surface area is 119 Å². The van der Waals surface area contributed by atoms with Crippen molar-refractivity contribution in [1.82, 2.24) is 5.32 Å². The Balaban J connectivity index is 1.93. The van der Waals surface area contributed by atoms with Crippen molar-refractivity contribution in [2.24, 2.45) is 0 Å². The number of hydrogen-bond acceptors (Lipinski definition) is 2. The van der Waals surface area contributed by atoms with Crippen molar-refractivity contribution < 1.29 is 4.79 Å². The zero-order valence-electron chi connectivity index (χ0n) is 10.8.